The average molecular weight is 171 g/mol. The van der Waals surface area contributed by atoms with Crippen LogP contribution in [0.4, 0.5) is 0 Å². The molecule has 0 aliphatic carbocycles. The van der Waals surface area contributed by atoms with Crippen molar-refractivity contribution < 1.29 is 4.79 Å². The summed E-state index contributed by atoms with van der Waals surface area (Å²) < 4.78 is 0.473. The van der Waals surface area contributed by atoms with Crippen LogP contribution in [0.15, 0.2) is 0 Å². The molecular formula is C6H9N3OS. The first-order chi connectivity index (χ1) is 5.15. The average Bonchev–Trinajstić information content (AvgIpc) is 2.28. The van der Waals surface area contributed by atoms with Crippen LogP contribution < -0.4 is 5.32 Å². The number of imidazole rings is 1. The molecule has 1 amide bonds. The van der Waals surface area contributed by atoms with Gasteiger partial charge in [-0.2, -0.15) is 0 Å². The van der Waals surface area contributed by atoms with E-state index in [0.29, 0.717) is 10.5 Å². The van der Waals surface area contributed by atoms with Crippen molar-refractivity contribution in [3.05, 3.63) is 16.2 Å². The Hall–Kier alpha value is -1.10. The number of aryl methyl sites for hydroxylation is 1. The minimum absolute atomic E-state index is 0.158. The fourth-order valence-electron chi connectivity index (χ4n) is 0.823. The zero-order valence-corrected chi connectivity index (χ0v) is 7.13. The van der Waals surface area contributed by atoms with Gasteiger partial charge in [0, 0.05) is 12.7 Å². The number of nitrogens with one attached hydrogen (secondary N) is 3. The first kappa shape index (κ1) is 8.00. The zero-order chi connectivity index (χ0) is 8.43. The number of hydrogen-bond acceptors (Lipinski definition) is 2. The number of H-pyrrole nitrogens is 2. The molecular weight excluding hydrogens is 162 g/mol. The Labute approximate surface area is 69.0 Å². The van der Waals surface area contributed by atoms with Gasteiger partial charge in [0.15, 0.2) is 4.77 Å². The Morgan fingerprint density at radius 1 is 1.55 bits per heavy atom. The minimum atomic E-state index is -0.158. The normalized spacial score (nSPS) is 9.64. The standard InChI is InChI=1S/C6H9N3OS/c1-3-4(5(10)7-2)9-6(11)8-3/h1-2H3,(H,7,10)(H2,8,9,11). The molecule has 0 saturated heterocycles. The molecule has 60 valence electrons. The monoisotopic (exact) mass is 171 g/mol. The van der Waals surface area contributed by atoms with Gasteiger partial charge in [-0.25, -0.2) is 0 Å². The van der Waals surface area contributed by atoms with E-state index in [9.17, 15) is 4.79 Å². The summed E-state index contributed by atoms with van der Waals surface area (Å²) in [7, 11) is 1.58. The van der Waals surface area contributed by atoms with E-state index in [2.05, 4.69) is 15.3 Å². The summed E-state index contributed by atoms with van der Waals surface area (Å²) in [5.41, 5.74) is 1.26. The lowest BCUT2D eigenvalue weighted by atomic mass is 10.3. The Bertz CT molecular complexity index is 325. The lowest BCUT2D eigenvalue weighted by Gasteiger charge is -1.94. The highest BCUT2D eigenvalue weighted by Gasteiger charge is 2.07. The highest BCUT2D eigenvalue weighted by molar-refractivity contribution is 7.71. The molecule has 5 heteroatoms. The molecule has 0 atom stereocenters. The SMILES string of the molecule is CNC(=O)c1[nH]c(=S)[nH]c1C. The van der Waals surface area contributed by atoms with Crippen LogP contribution in [0.1, 0.15) is 16.2 Å². The van der Waals surface area contributed by atoms with Gasteiger partial charge in [0.2, 0.25) is 0 Å². The van der Waals surface area contributed by atoms with Crippen molar-refractivity contribution in [2.24, 2.45) is 0 Å². The molecule has 1 rings (SSSR count). The summed E-state index contributed by atoms with van der Waals surface area (Å²) in [4.78, 5) is 16.6. The molecule has 0 bridgehead atoms. The summed E-state index contributed by atoms with van der Waals surface area (Å²) in [6, 6.07) is 0. The maximum Gasteiger partial charge on any atom is 0.269 e. The van der Waals surface area contributed by atoms with Gasteiger partial charge in [0.1, 0.15) is 5.69 Å². The van der Waals surface area contributed by atoms with Gasteiger partial charge in [-0.3, -0.25) is 4.79 Å². The number of aromatic amines is 2. The fourth-order valence-corrected chi connectivity index (χ4v) is 1.08. The molecule has 3 N–H and O–H groups in total. The number of amides is 1. The molecule has 0 saturated carbocycles. The van der Waals surface area contributed by atoms with E-state index in [4.69, 9.17) is 12.2 Å². The molecule has 0 aliphatic heterocycles. The predicted octanol–water partition coefficient (Wildman–Crippen LogP) is 0.740. The van der Waals surface area contributed by atoms with E-state index in [1.807, 2.05) is 0 Å². The number of aromatic nitrogens is 2. The Balaban J connectivity index is 3.13. The number of carbonyl (C=O) groups is 1. The van der Waals surface area contributed by atoms with Crippen LogP contribution in [0.25, 0.3) is 0 Å². The largest absolute Gasteiger partial charge is 0.354 e. The first-order valence-corrected chi connectivity index (χ1v) is 3.57. The number of carbonyl (C=O) groups excluding carboxylic acids is 1. The lowest BCUT2D eigenvalue weighted by molar-refractivity contribution is 0.0958. The van der Waals surface area contributed by atoms with E-state index < -0.39 is 0 Å². The topological polar surface area (TPSA) is 60.7 Å². The van der Waals surface area contributed by atoms with Gasteiger partial charge >= 0.3 is 0 Å². The molecule has 0 radical (unpaired) electrons. The highest BCUT2D eigenvalue weighted by Crippen LogP contribution is 2.00. The number of hydrogen-bond donors (Lipinski definition) is 3. The van der Waals surface area contributed by atoms with Crippen LogP contribution in [0.5, 0.6) is 0 Å². The van der Waals surface area contributed by atoms with Crippen molar-refractivity contribution in [3.63, 3.8) is 0 Å². The summed E-state index contributed by atoms with van der Waals surface area (Å²) >= 11 is 4.80. The van der Waals surface area contributed by atoms with Crippen LogP contribution in [0.3, 0.4) is 0 Å². The highest BCUT2D eigenvalue weighted by atomic mass is 32.1. The Morgan fingerprint density at radius 2 is 2.18 bits per heavy atom. The molecule has 0 spiro atoms. The molecule has 0 fully saturated rings. The molecule has 1 aromatic heterocycles. The maximum absolute atomic E-state index is 11.0. The Morgan fingerprint density at radius 3 is 2.55 bits per heavy atom. The molecule has 0 aromatic carbocycles. The minimum Gasteiger partial charge on any atom is -0.354 e. The summed E-state index contributed by atoms with van der Waals surface area (Å²) in [6.45, 7) is 1.79. The van der Waals surface area contributed by atoms with Crippen LogP contribution >= 0.6 is 12.2 Å². The lowest BCUT2D eigenvalue weighted by Crippen LogP contribution is -2.19. The molecule has 1 aromatic rings. The van der Waals surface area contributed by atoms with Crippen molar-refractivity contribution in [2.75, 3.05) is 7.05 Å². The van der Waals surface area contributed by atoms with Gasteiger partial charge in [0.05, 0.1) is 0 Å². The van der Waals surface area contributed by atoms with Crippen LogP contribution in [0.2, 0.25) is 0 Å². The van der Waals surface area contributed by atoms with Crippen molar-refractivity contribution >= 4 is 18.1 Å². The third-order valence-corrected chi connectivity index (χ3v) is 1.57. The Kier molecular flexibility index (Phi) is 2.09. The van der Waals surface area contributed by atoms with Crippen molar-refractivity contribution in [1.82, 2.24) is 15.3 Å². The molecule has 0 aliphatic rings. The first-order valence-electron chi connectivity index (χ1n) is 3.16. The summed E-state index contributed by atoms with van der Waals surface area (Å²) in [5, 5.41) is 2.50. The van der Waals surface area contributed by atoms with Crippen LogP contribution in [0, 0.1) is 11.7 Å². The van der Waals surface area contributed by atoms with Crippen LogP contribution in [-0.4, -0.2) is 22.9 Å². The molecule has 1 heterocycles. The van der Waals surface area contributed by atoms with Gasteiger partial charge in [-0.1, -0.05) is 0 Å². The third-order valence-electron chi connectivity index (χ3n) is 1.37. The summed E-state index contributed by atoms with van der Waals surface area (Å²) in [6.07, 6.45) is 0. The molecule has 4 nitrogen and oxygen atoms in total. The molecule has 0 unspecified atom stereocenters. The van der Waals surface area contributed by atoms with Crippen molar-refractivity contribution in [1.29, 1.82) is 0 Å². The van der Waals surface area contributed by atoms with Crippen LogP contribution in [-0.2, 0) is 0 Å². The van der Waals surface area contributed by atoms with Crippen molar-refractivity contribution in [3.8, 4) is 0 Å². The zero-order valence-electron chi connectivity index (χ0n) is 6.32. The van der Waals surface area contributed by atoms with Gasteiger partial charge in [-0.05, 0) is 19.1 Å². The van der Waals surface area contributed by atoms with Gasteiger partial charge in [-0.15, -0.1) is 0 Å². The van der Waals surface area contributed by atoms with Crippen molar-refractivity contribution in [2.45, 2.75) is 6.92 Å². The predicted molar refractivity (Wildman–Crippen MR) is 44.1 cm³/mol. The van der Waals surface area contributed by atoms with E-state index >= 15 is 0 Å². The molecule has 11 heavy (non-hydrogen) atoms. The second-order valence-electron chi connectivity index (χ2n) is 2.16. The van der Waals surface area contributed by atoms with E-state index in [1.54, 1.807) is 14.0 Å². The van der Waals surface area contributed by atoms with E-state index in [-0.39, 0.29) is 5.91 Å². The van der Waals surface area contributed by atoms with Gasteiger partial charge in [0.25, 0.3) is 5.91 Å². The maximum atomic E-state index is 11.0. The van der Waals surface area contributed by atoms with E-state index in [1.165, 1.54) is 0 Å². The second kappa shape index (κ2) is 2.87. The second-order valence-corrected chi connectivity index (χ2v) is 2.57. The number of rotatable bonds is 1. The fraction of sp³-hybridized carbons (Fsp3) is 0.333. The van der Waals surface area contributed by atoms with E-state index in [0.717, 1.165) is 5.69 Å². The van der Waals surface area contributed by atoms with Gasteiger partial charge < -0.3 is 15.3 Å². The third kappa shape index (κ3) is 1.48. The summed E-state index contributed by atoms with van der Waals surface area (Å²) in [5.74, 6) is -0.158. The quantitative estimate of drug-likeness (QED) is 0.546. The smallest absolute Gasteiger partial charge is 0.269 e.